The predicted molar refractivity (Wildman–Crippen MR) is 145 cm³/mol. The number of sulfonamides is 2. The second-order valence-corrected chi connectivity index (χ2v) is 17.6. The Balaban J connectivity index is 0.0000180. The normalized spacial score (nSPS) is 28.2. The summed E-state index contributed by atoms with van der Waals surface area (Å²) in [4.78, 5) is 10.00. The highest BCUT2D eigenvalue weighted by Gasteiger charge is 3.06. The average Bonchev–Trinajstić information content (AvgIpc) is 3.04. The first kappa shape index (κ1) is 56.2. The quantitative estimate of drug-likeness (QED) is 0.0878. The van der Waals surface area contributed by atoms with Crippen LogP contribution < -0.4 is 6.15 Å². The van der Waals surface area contributed by atoms with Crippen LogP contribution in [0.25, 0.3) is 0 Å². The van der Waals surface area contributed by atoms with Crippen molar-refractivity contribution < 1.29 is 141 Å². The Kier molecular flexibility index (Phi) is 14.5. The number of nitrogens with zero attached hydrogens (tertiary/aromatic N) is 2. The number of alkyl halides is 22. The Morgan fingerprint density at radius 1 is 0.467 bits per heavy atom. The molecule has 2 aliphatic rings. The Morgan fingerprint density at radius 2 is 0.650 bits per heavy atom. The van der Waals surface area contributed by atoms with Crippen molar-refractivity contribution in [3.63, 3.8) is 0 Å². The van der Waals surface area contributed by atoms with Gasteiger partial charge in [0.15, 0.2) is 0 Å². The van der Waals surface area contributed by atoms with Gasteiger partial charge in [0.2, 0.25) is 0 Å². The third-order valence-electron chi connectivity index (χ3n) is 8.48. The third-order valence-corrected chi connectivity index (χ3v) is 13.4. The van der Waals surface area contributed by atoms with Crippen LogP contribution in [0.5, 0.6) is 0 Å². The summed E-state index contributed by atoms with van der Waals surface area (Å²) in [5, 5.41) is -16.2. The van der Waals surface area contributed by atoms with Crippen LogP contribution in [0.15, 0.2) is 0 Å². The molecule has 60 heavy (non-hydrogen) atoms. The van der Waals surface area contributed by atoms with Gasteiger partial charge in [0.1, 0.15) is 0 Å². The number of hydrogen-bond donors (Lipinski definition) is 2. The zero-order valence-electron chi connectivity index (χ0n) is 28.6. The largest absolute Gasteiger partial charge is 0.472 e. The fourth-order valence-corrected chi connectivity index (χ4v) is 9.45. The number of halogens is 24. The summed E-state index contributed by atoms with van der Waals surface area (Å²) in [5.74, 6) is -81.3. The summed E-state index contributed by atoms with van der Waals surface area (Å²) in [6.45, 7) is -4.14. The zero-order valence-corrected chi connectivity index (χ0v) is 31.2. The zero-order chi connectivity index (χ0) is 47.5. The maximum Gasteiger partial charge on any atom is 0.472 e. The molecule has 2 aliphatic carbocycles. The monoisotopic (exact) mass is 1010 g/mol. The number of rotatable bonds is 16. The highest BCUT2D eigenvalue weighted by Crippen LogP contribution is 2.72. The minimum atomic E-state index is -8.58. The molecule has 11 nitrogen and oxygen atoms in total. The minimum Gasteiger partial charge on any atom is -0.344 e. The molecule has 2 atom stereocenters. The molecule has 4 N–H and O–H groups in total. The van der Waals surface area contributed by atoms with Gasteiger partial charge in [-0.15, -0.1) is 8.96 Å². The molecule has 2 unspecified atom stereocenters. The summed E-state index contributed by atoms with van der Waals surface area (Å²) >= 11 is 0. The molecule has 2 saturated carbocycles. The molecule has 2 fully saturated rings. The minimum absolute atomic E-state index is 0. The van der Waals surface area contributed by atoms with E-state index in [2.05, 4.69) is 9.05 Å². The van der Waals surface area contributed by atoms with E-state index in [0.29, 0.717) is 0 Å². The fourth-order valence-electron chi connectivity index (χ4n) is 5.22. The first-order valence-corrected chi connectivity index (χ1v) is 19.2. The van der Waals surface area contributed by atoms with E-state index in [0.717, 1.165) is 13.8 Å². The van der Waals surface area contributed by atoms with Gasteiger partial charge in [-0.3, -0.25) is 9.05 Å². The molecular weight excluding hydrogens is 985 g/mol. The van der Waals surface area contributed by atoms with E-state index >= 15 is 8.78 Å². The molecule has 0 amide bonds. The van der Waals surface area contributed by atoms with Gasteiger partial charge in [0.25, 0.3) is 20.0 Å². The standard InChI is InChI=1S/C22H21F24N2O8PS2.H3N/c1-3-5-9(7-47(45)58(51,52)21(43)17(35,36)13(27,28)11(23,24)14(29,30)18(21,37)38)55-57(49,50)56-10(6-4-2)8-48(46)59(53,54)22(44)19(39,40)15(31,32)12(25,26)16(33,34)20(22,41)42;/h9-10H,3-8H2,1-2H3,(H,49,50);1H3. The van der Waals surface area contributed by atoms with Gasteiger partial charge in [0.05, 0.1) is 25.3 Å². The molecule has 0 saturated heterocycles. The molecular formula is C22H24F24N3O8PS2. The van der Waals surface area contributed by atoms with Crippen molar-refractivity contribution in [2.75, 3.05) is 13.1 Å². The van der Waals surface area contributed by atoms with E-state index in [1.165, 1.54) is 0 Å². The second kappa shape index (κ2) is 15.4. The molecule has 0 bridgehead atoms. The van der Waals surface area contributed by atoms with Crippen molar-refractivity contribution in [3.8, 4) is 0 Å². The second-order valence-electron chi connectivity index (χ2n) is 12.4. The summed E-state index contributed by atoms with van der Waals surface area (Å²) in [6, 6.07) is 0. The number of phosphoric ester groups is 1. The van der Waals surface area contributed by atoms with Crippen molar-refractivity contribution in [2.45, 2.75) is 121 Å². The number of hydrogen-bond acceptors (Lipinski definition) is 8. The summed E-state index contributed by atoms with van der Waals surface area (Å²) in [5.41, 5.74) is 0. The molecule has 0 radical (unpaired) electrons. The van der Waals surface area contributed by atoms with E-state index in [4.69, 9.17) is 0 Å². The van der Waals surface area contributed by atoms with Crippen LogP contribution in [0.2, 0.25) is 0 Å². The molecule has 0 aliphatic heterocycles. The lowest BCUT2D eigenvalue weighted by Crippen LogP contribution is -2.86. The van der Waals surface area contributed by atoms with E-state index in [1.54, 1.807) is 0 Å². The van der Waals surface area contributed by atoms with Crippen molar-refractivity contribution in [2.24, 2.45) is 0 Å². The van der Waals surface area contributed by atoms with Gasteiger partial charge in [0, 0.05) is 0 Å². The molecule has 0 aromatic carbocycles. The molecule has 0 aromatic heterocycles. The Hall–Kier alpha value is -1.79. The van der Waals surface area contributed by atoms with Crippen LogP contribution in [0.3, 0.4) is 0 Å². The van der Waals surface area contributed by atoms with E-state index in [-0.39, 0.29) is 6.15 Å². The van der Waals surface area contributed by atoms with Gasteiger partial charge < -0.3 is 11.0 Å². The first-order chi connectivity index (χ1) is 25.6. The highest BCUT2D eigenvalue weighted by atomic mass is 32.2. The van der Waals surface area contributed by atoms with Gasteiger partial charge in [-0.25, -0.2) is 30.2 Å². The van der Waals surface area contributed by atoms with Gasteiger partial charge >= 0.3 is 77.0 Å². The molecule has 0 aromatic rings. The Bertz CT molecular complexity index is 1690. The summed E-state index contributed by atoms with van der Waals surface area (Å²) in [6.07, 6.45) is -10.4. The van der Waals surface area contributed by atoms with Crippen LogP contribution in [0.1, 0.15) is 39.5 Å². The molecule has 2 rings (SSSR count). The Morgan fingerprint density at radius 3 is 0.833 bits per heavy atom. The van der Waals surface area contributed by atoms with Crippen molar-refractivity contribution in [3.05, 3.63) is 0 Å². The van der Waals surface area contributed by atoms with Crippen LogP contribution in [0, 0.1) is 0 Å². The molecule has 0 spiro atoms. The van der Waals surface area contributed by atoms with Crippen LogP contribution in [-0.4, -0.2) is 125 Å². The van der Waals surface area contributed by atoms with Crippen LogP contribution in [0.4, 0.5) is 106 Å². The maximum atomic E-state index is 15.2. The van der Waals surface area contributed by atoms with E-state index in [1.807, 2.05) is 0 Å². The highest BCUT2D eigenvalue weighted by molar-refractivity contribution is 7.90. The van der Waals surface area contributed by atoms with Crippen LogP contribution in [-0.2, 0) is 33.7 Å². The van der Waals surface area contributed by atoms with Gasteiger partial charge in [-0.1, -0.05) is 26.7 Å². The van der Waals surface area contributed by atoms with E-state index < -0.39 is 157 Å². The first-order valence-electron chi connectivity index (χ1n) is 14.8. The third kappa shape index (κ3) is 6.68. The molecule has 0 heterocycles. The lowest BCUT2D eigenvalue weighted by molar-refractivity contribution is -0.470. The Labute approximate surface area is 318 Å². The summed E-state index contributed by atoms with van der Waals surface area (Å²) < 4.78 is 403. The fraction of sp³-hybridized carbons (Fsp3) is 1.00. The maximum absolute atomic E-state index is 15.2. The molecule has 38 heteroatoms. The smallest absolute Gasteiger partial charge is 0.344 e. The molecule has 360 valence electrons. The lowest BCUT2D eigenvalue weighted by Gasteiger charge is -2.51. The topological polar surface area (TPSA) is 166 Å². The van der Waals surface area contributed by atoms with Gasteiger partial charge in [-0.2, -0.15) is 87.8 Å². The van der Waals surface area contributed by atoms with Crippen molar-refractivity contribution >= 4 is 27.9 Å². The SMILES string of the molecule is CCCC(CN(F)S(=O)(=O)C1(F)C(F)(F)C(F)(F)C(F)(F)C(F)(F)C1(F)F)OP(=O)(O)OC(CCC)CN(F)S(=O)(=O)C1(F)C(F)(F)C(F)(F)C(F)(F)C(F)(F)C1(F)F.N. The van der Waals surface area contributed by atoms with E-state index in [9.17, 15) is 123 Å². The van der Waals surface area contributed by atoms with Crippen molar-refractivity contribution in [1.29, 1.82) is 0 Å². The predicted octanol–water partition coefficient (Wildman–Crippen LogP) is 8.36. The van der Waals surface area contributed by atoms with Gasteiger partial charge in [-0.05, 0) is 21.9 Å². The average molecular weight is 1010 g/mol. The van der Waals surface area contributed by atoms with Crippen LogP contribution >= 0.6 is 7.82 Å². The number of phosphoric acid groups is 1. The summed E-state index contributed by atoms with van der Waals surface area (Å²) in [7, 11) is -23.8. The van der Waals surface area contributed by atoms with Crippen molar-refractivity contribution in [1.82, 2.24) is 15.2 Å². The lowest BCUT2D eigenvalue weighted by atomic mass is 9.81.